The van der Waals surface area contributed by atoms with Crippen molar-refractivity contribution < 1.29 is 0 Å². The number of fused-ring (bicyclic) bond motifs is 1. The number of hydrogen-bond donors (Lipinski definition) is 1. The minimum absolute atomic E-state index is 0.751. The molecule has 0 amide bonds. The SMILES string of the molecule is Clc1ccc(Cn2ccc3ccc(CNC4CC4)cc32)s1. The Kier molecular flexibility index (Phi) is 3.49. The van der Waals surface area contributed by atoms with Gasteiger partial charge < -0.3 is 9.88 Å². The van der Waals surface area contributed by atoms with E-state index in [0.717, 1.165) is 23.5 Å². The first kappa shape index (κ1) is 13.4. The second kappa shape index (κ2) is 5.48. The molecule has 0 bridgehead atoms. The van der Waals surface area contributed by atoms with E-state index in [-0.39, 0.29) is 0 Å². The van der Waals surface area contributed by atoms with E-state index >= 15 is 0 Å². The van der Waals surface area contributed by atoms with Crippen molar-refractivity contribution >= 4 is 33.8 Å². The molecule has 2 nitrogen and oxygen atoms in total. The topological polar surface area (TPSA) is 17.0 Å². The summed E-state index contributed by atoms with van der Waals surface area (Å²) in [5.41, 5.74) is 2.66. The summed E-state index contributed by atoms with van der Waals surface area (Å²) in [7, 11) is 0. The normalized spacial score (nSPS) is 14.9. The molecule has 0 spiro atoms. The van der Waals surface area contributed by atoms with Gasteiger partial charge in [0.1, 0.15) is 0 Å². The van der Waals surface area contributed by atoms with Gasteiger partial charge in [0.25, 0.3) is 0 Å². The third-order valence-corrected chi connectivity index (χ3v) is 5.18. The van der Waals surface area contributed by atoms with Crippen molar-refractivity contribution in [2.24, 2.45) is 0 Å². The van der Waals surface area contributed by atoms with Gasteiger partial charge in [0, 0.05) is 29.2 Å². The Morgan fingerprint density at radius 2 is 2.10 bits per heavy atom. The van der Waals surface area contributed by atoms with E-state index < -0.39 is 0 Å². The first-order chi connectivity index (χ1) is 10.3. The Labute approximate surface area is 133 Å². The average Bonchev–Trinajstić information content (AvgIpc) is 3.12. The number of hydrogen-bond acceptors (Lipinski definition) is 2. The molecular weight excluding hydrogens is 300 g/mol. The van der Waals surface area contributed by atoms with Crippen molar-refractivity contribution in [2.75, 3.05) is 0 Å². The maximum Gasteiger partial charge on any atom is 0.0931 e. The summed E-state index contributed by atoms with van der Waals surface area (Å²) >= 11 is 7.68. The monoisotopic (exact) mass is 316 g/mol. The molecule has 0 saturated heterocycles. The van der Waals surface area contributed by atoms with E-state index in [1.165, 1.54) is 34.2 Å². The maximum absolute atomic E-state index is 6.02. The Bertz CT molecular complexity index is 770. The molecular formula is C17H17ClN2S. The lowest BCUT2D eigenvalue weighted by molar-refractivity contribution is 0.688. The lowest BCUT2D eigenvalue weighted by Crippen LogP contribution is -2.15. The predicted octanol–water partition coefficient (Wildman–Crippen LogP) is 4.66. The van der Waals surface area contributed by atoms with Gasteiger partial charge in [-0.3, -0.25) is 0 Å². The van der Waals surface area contributed by atoms with Crippen molar-refractivity contribution in [3.8, 4) is 0 Å². The summed E-state index contributed by atoms with van der Waals surface area (Å²) in [5, 5.41) is 4.88. The molecule has 2 heterocycles. The molecule has 1 aliphatic rings. The zero-order valence-electron chi connectivity index (χ0n) is 11.7. The Morgan fingerprint density at radius 3 is 2.86 bits per heavy atom. The summed E-state index contributed by atoms with van der Waals surface area (Å²) in [4.78, 5) is 1.29. The van der Waals surface area contributed by atoms with Crippen LogP contribution in [0.25, 0.3) is 10.9 Å². The van der Waals surface area contributed by atoms with Crippen LogP contribution < -0.4 is 5.32 Å². The van der Waals surface area contributed by atoms with Crippen LogP contribution in [0, 0.1) is 0 Å². The molecule has 0 atom stereocenters. The minimum atomic E-state index is 0.751. The van der Waals surface area contributed by atoms with Crippen LogP contribution in [0.4, 0.5) is 0 Å². The molecule has 2 aromatic heterocycles. The van der Waals surface area contributed by atoms with E-state index in [4.69, 9.17) is 11.6 Å². The average molecular weight is 317 g/mol. The smallest absolute Gasteiger partial charge is 0.0931 e. The molecule has 0 unspecified atom stereocenters. The second-order valence-electron chi connectivity index (χ2n) is 5.70. The molecule has 4 heteroatoms. The fourth-order valence-corrected chi connectivity index (χ4v) is 3.72. The van der Waals surface area contributed by atoms with E-state index in [1.54, 1.807) is 11.3 Å². The second-order valence-corrected chi connectivity index (χ2v) is 7.50. The molecule has 1 N–H and O–H groups in total. The van der Waals surface area contributed by atoms with Gasteiger partial charge in [0.2, 0.25) is 0 Å². The van der Waals surface area contributed by atoms with Crippen LogP contribution in [0.1, 0.15) is 23.3 Å². The van der Waals surface area contributed by atoms with E-state index in [9.17, 15) is 0 Å². The minimum Gasteiger partial charge on any atom is -0.342 e. The predicted molar refractivity (Wildman–Crippen MR) is 90.2 cm³/mol. The number of nitrogens with one attached hydrogen (secondary N) is 1. The number of rotatable bonds is 5. The molecule has 1 aromatic carbocycles. The number of halogens is 1. The Morgan fingerprint density at radius 1 is 1.19 bits per heavy atom. The number of thiophene rings is 1. The molecule has 1 aliphatic carbocycles. The van der Waals surface area contributed by atoms with Crippen molar-refractivity contribution in [1.29, 1.82) is 0 Å². The molecule has 0 aliphatic heterocycles. The Hall–Kier alpha value is -1.29. The van der Waals surface area contributed by atoms with E-state index in [2.05, 4.69) is 46.4 Å². The molecule has 0 radical (unpaired) electrons. The van der Waals surface area contributed by atoms with Crippen molar-refractivity contribution in [3.05, 3.63) is 57.4 Å². The van der Waals surface area contributed by atoms with Gasteiger partial charge in [-0.1, -0.05) is 23.7 Å². The van der Waals surface area contributed by atoms with Gasteiger partial charge in [0.15, 0.2) is 0 Å². The molecule has 108 valence electrons. The maximum atomic E-state index is 6.02. The van der Waals surface area contributed by atoms with Crippen molar-refractivity contribution in [3.63, 3.8) is 0 Å². The summed E-state index contributed by atoms with van der Waals surface area (Å²) in [5.74, 6) is 0. The lowest BCUT2D eigenvalue weighted by atomic mass is 10.1. The van der Waals surface area contributed by atoms with Gasteiger partial charge in [-0.2, -0.15) is 0 Å². The van der Waals surface area contributed by atoms with Gasteiger partial charge in [-0.15, -0.1) is 11.3 Å². The highest BCUT2D eigenvalue weighted by Gasteiger charge is 2.19. The molecule has 1 saturated carbocycles. The first-order valence-electron chi connectivity index (χ1n) is 7.33. The van der Waals surface area contributed by atoms with Crippen LogP contribution in [0.5, 0.6) is 0 Å². The third kappa shape index (κ3) is 3.00. The highest BCUT2D eigenvalue weighted by molar-refractivity contribution is 7.16. The third-order valence-electron chi connectivity index (χ3n) is 3.97. The zero-order valence-corrected chi connectivity index (χ0v) is 13.3. The number of aromatic nitrogens is 1. The van der Waals surface area contributed by atoms with Crippen LogP contribution in [0.2, 0.25) is 4.34 Å². The van der Waals surface area contributed by atoms with Gasteiger partial charge >= 0.3 is 0 Å². The van der Waals surface area contributed by atoms with Crippen molar-refractivity contribution in [1.82, 2.24) is 9.88 Å². The summed E-state index contributed by atoms with van der Waals surface area (Å²) < 4.78 is 3.16. The van der Waals surface area contributed by atoms with E-state index in [0.29, 0.717) is 0 Å². The largest absolute Gasteiger partial charge is 0.342 e. The molecule has 21 heavy (non-hydrogen) atoms. The van der Waals surface area contributed by atoms with Crippen LogP contribution in [0.3, 0.4) is 0 Å². The van der Waals surface area contributed by atoms with Gasteiger partial charge in [0.05, 0.1) is 10.9 Å². The van der Waals surface area contributed by atoms with Crippen LogP contribution in [-0.2, 0) is 13.1 Å². The summed E-state index contributed by atoms with van der Waals surface area (Å²) in [6.07, 6.45) is 4.83. The zero-order chi connectivity index (χ0) is 14.2. The van der Waals surface area contributed by atoms with Crippen LogP contribution in [-0.4, -0.2) is 10.6 Å². The molecule has 3 aromatic rings. The van der Waals surface area contributed by atoms with Crippen molar-refractivity contribution in [2.45, 2.75) is 32.0 Å². The highest BCUT2D eigenvalue weighted by Crippen LogP contribution is 2.25. The Balaban J connectivity index is 1.60. The summed E-state index contributed by atoms with van der Waals surface area (Å²) in [6.45, 7) is 1.86. The molecule has 4 rings (SSSR count). The number of benzene rings is 1. The fourth-order valence-electron chi connectivity index (χ4n) is 2.63. The number of nitrogens with zero attached hydrogens (tertiary/aromatic N) is 1. The van der Waals surface area contributed by atoms with Crippen LogP contribution in [0.15, 0.2) is 42.6 Å². The highest BCUT2D eigenvalue weighted by atomic mass is 35.5. The van der Waals surface area contributed by atoms with Gasteiger partial charge in [-0.05, 0) is 48.1 Å². The summed E-state index contributed by atoms with van der Waals surface area (Å²) in [6, 6.07) is 13.8. The van der Waals surface area contributed by atoms with Gasteiger partial charge in [-0.25, -0.2) is 0 Å². The standard InChI is InChI=1S/C17H17ClN2S/c18-17-6-5-15(21-17)11-20-8-7-13-2-1-12(9-16(13)20)10-19-14-3-4-14/h1-2,5-9,14,19H,3-4,10-11H2. The van der Waals surface area contributed by atoms with Crippen LogP contribution >= 0.6 is 22.9 Å². The fraction of sp³-hybridized carbons (Fsp3) is 0.294. The lowest BCUT2D eigenvalue weighted by Gasteiger charge is -2.07. The first-order valence-corrected chi connectivity index (χ1v) is 8.53. The quantitative estimate of drug-likeness (QED) is 0.724. The van der Waals surface area contributed by atoms with E-state index in [1.807, 2.05) is 6.07 Å². The molecule has 1 fully saturated rings.